The number of carbonyl (C=O) groups excluding carboxylic acids is 2. The minimum absolute atomic E-state index is 0.260. The monoisotopic (exact) mass is 213 g/mol. The molecule has 0 saturated carbocycles. The number of rotatable bonds is 3. The van der Waals surface area contributed by atoms with Crippen molar-refractivity contribution in [2.24, 2.45) is 0 Å². The topological polar surface area (TPSA) is 55.4 Å². The molecule has 1 N–H and O–H groups in total. The van der Waals surface area contributed by atoms with Crippen LogP contribution >= 0.6 is 11.6 Å². The van der Waals surface area contributed by atoms with E-state index < -0.39 is 11.2 Å². The van der Waals surface area contributed by atoms with Crippen LogP contribution < -0.4 is 5.48 Å². The number of hydrogen-bond acceptors (Lipinski definition) is 4. The predicted molar refractivity (Wildman–Crippen MR) is 52.0 cm³/mol. The van der Waals surface area contributed by atoms with E-state index in [0.717, 1.165) is 0 Å². The summed E-state index contributed by atoms with van der Waals surface area (Å²) >= 11 is 5.30. The Morgan fingerprint density at radius 3 is 2.57 bits per heavy atom. The first kappa shape index (κ1) is 10.5. The largest absolute Gasteiger partial charge is 0.344 e. The van der Waals surface area contributed by atoms with Crippen LogP contribution in [0.5, 0.6) is 0 Å². The van der Waals surface area contributed by atoms with Gasteiger partial charge in [0.2, 0.25) is 0 Å². The molecule has 0 aromatic heterocycles. The van der Waals surface area contributed by atoms with Gasteiger partial charge in [0.25, 0.3) is 5.24 Å². The molecule has 5 heteroatoms. The molecule has 1 rings (SSSR count). The van der Waals surface area contributed by atoms with Crippen molar-refractivity contribution in [1.29, 1.82) is 0 Å². The van der Waals surface area contributed by atoms with Crippen LogP contribution in [0.4, 0.5) is 5.69 Å². The van der Waals surface area contributed by atoms with Crippen molar-refractivity contribution in [3.63, 3.8) is 0 Å². The van der Waals surface area contributed by atoms with Crippen LogP contribution in [0.1, 0.15) is 17.3 Å². The number of benzene rings is 1. The van der Waals surface area contributed by atoms with Crippen LogP contribution in [-0.2, 0) is 9.63 Å². The lowest BCUT2D eigenvalue weighted by molar-refractivity contribution is -0.138. The summed E-state index contributed by atoms with van der Waals surface area (Å²) in [4.78, 5) is 25.9. The first-order chi connectivity index (χ1) is 6.61. The first-order valence-electron chi connectivity index (χ1n) is 3.83. The molecular formula is C9H8ClNO3. The molecule has 0 amide bonds. The van der Waals surface area contributed by atoms with Crippen LogP contribution in [0, 0.1) is 0 Å². The van der Waals surface area contributed by atoms with E-state index in [9.17, 15) is 9.59 Å². The average Bonchev–Trinajstić information content (AvgIpc) is 2.15. The third-order valence-electron chi connectivity index (χ3n) is 1.44. The van der Waals surface area contributed by atoms with Gasteiger partial charge >= 0.3 is 5.97 Å². The number of hydrogen-bond donors (Lipinski definition) is 1. The van der Waals surface area contributed by atoms with Crippen molar-refractivity contribution in [3.05, 3.63) is 29.8 Å². The van der Waals surface area contributed by atoms with Gasteiger partial charge in [0.15, 0.2) is 0 Å². The molecular weight excluding hydrogens is 206 g/mol. The van der Waals surface area contributed by atoms with E-state index in [4.69, 9.17) is 11.6 Å². The van der Waals surface area contributed by atoms with Gasteiger partial charge in [0.1, 0.15) is 0 Å². The lowest BCUT2D eigenvalue weighted by atomic mass is 10.2. The smallest absolute Gasteiger partial charge is 0.329 e. The predicted octanol–water partition coefficient (Wildman–Crippen LogP) is 1.96. The van der Waals surface area contributed by atoms with Gasteiger partial charge in [0.05, 0.1) is 11.3 Å². The molecule has 14 heavy (non-hydrogen) atoms. The van der Waals surface area contributed by atoms with E-state index in [-0.39, 0.29) is 5.56 Å². The standard InChI is InChI=1S/C9H8ClNO3/c1-6(12)14-11-8-5-3-2-4-7(8)9(10)13/h2-5,11H,1H3. The second-order valence-corrected chi connectivity index (χ2v) is 2.86. The summed E-state index contributed by atoms with van der Waals surface area (Å²) < 4.78 is 0. The maximum absolute atomic E-state index is 10.9. The van der Waals surface area contributed by atoms with E-state index >= 15 is 0 Å². The molecule has 1 aromatic carbocycles. The quantitative estimate of drug-likeness (QED) is 0.616. The highest BCUT2D eigenvalue weighted by Crippen LogP contribution is 2.16. The Morgan fingerprint density at radius 2 is 2.00 bits per heavy atom. The van der Waals surface area contributed by atoms with Gasteiger partial charge in [-0.15, -0.1) is 0 Å². The van der Waals surface area contributed by atoms with Gasteiger partial charge in [-0.1, -0.05) is 12.1 Å². The van der Waals surface area contributed by atoms with Crippen LogP contribution in [0.15, 0.2) is 24.3 Å². The van der Waals surface area contributed by atoms with Crippen molar-refractivity contribution in [3.8, 4) is 0 Å². The highest BCUT2D eigenvalue weighted by atomic mass is 35.5. The summed E-state index contributed by atoms with van der Waals surface area (Å²) in [6.07, 6.45) is 0. The van der Waals surface area contributed by atoms with E-state index in [1.165, 1.54) is 13.0 Å². The van der Waals surface area contributed by atoms with Crippen molar-refractivity contribution < 1.29 is 14.4 Å². The maximum atomic E-state index is 10.9. The summed E-state index contributed by atoms with van der Waals surface area (Å²) in [5.74, 6) is -0.498. The fourth-order valence-corrected chi connectivity index (χ4v) is 1.04. The first-order valence-corrected chi connectivity index (χ1v) is 4.21. The molecule has 0 atom stereocenters. The van der Waals surface area contributed by atoms with Gasteiger partial charge in [-0.05, 0) is 23.7 Å². The molecule has 0 aliphatic carbocycles. The Kier molecular flexibility index (Phi) is 3.48. The lowest BCUT2D eigenvalue weighted by Crippen LogP contribution is -2.08. The van der Waals surface area contributed by atoms with Crippen molar-refractivity contribution in [1.82, 2.24) is 0 Å². The zero-order valence-corrected chi connectivity index (χ0v) is 8.17. The minimum atomic E-state index is -0.611. The molecule has 0 aliphatic heterocycles. The zero-order chi connectivity index (χ0) is 10.6. The van der Waals surface area contributed by atoms with Crippen LogP contribution in [0.25, 0.3) is 0 Å². The highest BCUT2D eigenvalue weighted by Gasteiger charge is 2.08. The minimum Gasteiger partial charge on any atom is -0.344 e. The van der Waals surface area contributed by atoms with E-state index in [1.54, 1.807) is 18.2 Å². The number of halogens is 1. The van der Waals surface area contributed by atoms with Crippen molar-refractivity contribution >= 4 is 28.5 Å². The zero-order valence-electron chi connectivity index (χ0n) is 7.41. The fraction of sp³-hybridized carbons (Fsp3) is 0.111. The van der Waals surface area contributed by atoms with Crippen molar-refractivity contribution in [2.75, 3.05) is 5.48 Å². The Labute approximate surface area is 85.8 Å². The highest BCUT2D eigenvalue weighted by molar-refractivity contribution is 6.68. The molecule has 1 aromatic rings. The molecule has 0 aliphatic rings. The molecule has 0 bridgehead atoms. The Morgan fingerprint density at radius 1 is 1.36 bits per heavy atom. The summed E-state index contributed by atoms with van der Waals surface area (Å²) in [5, 5.41) is -0.611. The van der Waals surface area contributed by atoms with E-state index in [1.807, 2.05) is 0 Å². The molecule has 0 radical (unpaired) electrons. The van der Waals surface area contributed by atoms with Crippen LogP contribution in [-0.4, -0.2) is 11.2 Å². The molecule has 74 valence electrons. The molecule has 0 spiro atoms. The summed E-state index contributed by atoms with van der Waals surface area (Å²) in [6, 6.07) is 6.46. The Balaban J connectivity index is 2.84. The van der Waals surface area contributed by atoms with Crippen LogP contribution in [0.3, 0.4) is 0 Å². The van der Waals surface area contributed by atoms with Crippen molar-refractivity contribution in [2.45, 2.75) is 6.92 Å². The number of anilines is 1. The summed E-state index contributed by atoms with van der Waals surface area (Å²) in [5.41, 5.74) is 2.96. The molecule has 0 saturated heterocycles. The second kappa shape index (κ2) is 4.62. The lowest BCUT2D eigenvalue weighted by Gasteiger charge is -2.07. The summed E-state index contributed by atoms with van der Waals surface area (Å²) in [7, 11) is 0. The number of nitrogens with one attached hydrogen (secondary N) is 1. The third-order valence-corrected chi connectivity index (χ3v) is 1.65. The average molecular weight is 214 g/mol. The fourth-order valence-electron chi connectivity index (χ4n) is 0.870. The van der Waals surface area contributed by atoms with Gasteiger partial charge < -0.3 is 4.84 Å². The molecule has 4 nitrogen and oxygen atoms in total. The number of para-hydroxylation sites is 1. The Hall–Kier alpha value is -1.55. The normalized spacial score (nSPS) is 9.29. The second-order valence-electron chi connectivity index (χ2n) is 2.51. The number of carbonyl (C=O) groups is 2. The molecule has 0 heterocycles. The maximum Gasteiger partial charge on any atom is 0.329 e. The Bertz CT molecular complexity index is 365. The van der Waals surface area contributed by atoms with Crippen LogP contribution in [0.2, 0.25) is 0 Å². The molecule has 0 unspecified atom stereocenters. The van der Waals surface area contributed by atoms with E-state index in [2.05, 4.69) is 10.3 Å². The van der Waals surface area contributed by atoms with Gasteiger partial charge in [-0.3, -0.25) is 9.59 Å². The summed E-state index contributed by atoms with van der Waals surface area (Å²) in [6.45, 7) is 1.25. The van der Waals surface area contributed by atoms with E-state index in [0.29, 0.717) is 5.69 Å². The SMILES string of the molecule is CC(=O)ONc1ccccc1C(=O)Cl. The van der Waals surface area contributed by atoms with Gasteiger partial charge in [0, 0.05) is 6.92 Å². The van der Waals surface area contributed by atoms with Gasteiger partial charge in [-0.2, -0.15) is 0 Å². The third kappa shape index (κ3) is 2.74. The van der Waals surface area contributed by atoms with Gasteiger partial charge in [-0.25, -0.2) is 5.48 Å². The molecule has 0 fully saturated rings.